The van der Waals surface area contributed by atoms with Crippen molar-refractivity contribution in [3.8, 4) is 63.0 Å². The number of pyridine rings is 8. The van der Waals surface area contributed by atoms with E-state index >= 15 is 0 Å². The van der Waals surface area contributed by atoms with Gasteiger partial charge in [0.25, 0.3) is 0 Å². The Labute approximate surface area is 843 Å². The van der Waals surface area contributed by atoms with Crippen LogP contribution in [0.5, 0.6) is 51.7 Å². The summed E-state index contributed by atoms with van der Waals surface area (Å²) < 4.78 is 62.5. The zero-order valence-corrected chi connectivity index (χ0v) is 84.3. The van der Waals surface area contributed by atoms with Crippen LogP contribution in [0.2, 0.25) is 15.3 Å². The molecule has 3 aliphatic rings. The van der Waals surface area contributed by atoms with E-state index in [2.05, 4.69) is 53.7 Å². The molecule has 1 atom stereocenters. The maximum absolute atomic E-state index is 13.8. The van der Waals surface area contributed by atoms with Crippen LogP contribution in [-0.4, -0.2) is 170 Å². The number of hydrogen-bond acceptors (Lipinski definition) is 28. The van der Waals surface area contributed by atoms with E-state index in [-0.39, 0.29) is 139 Å². The number of aromatic carboxylic acids is 2. The minimum Gasteiger partial charge on any atom is -0.506 e. The first kappa shape index (κ1) is 106. The molecule has 15 aromatic rings. The minimum absolute atomic E-state index is 0.00315. The monoisotopic (exact) mass is 2010 g/mol. The number of anilines is 1. The minimum atomic E-state index is -1.08. The summed E-state index contributed by atoms with van der Waals surface area (Å²) in [5.41, 5.74) is 19.9. The molecule has 744 valence electrons. The van der Waals surface area contributed by atoms with Crippen molar-refractivity contribution in [2.75, 3.05) is 68.2 Å². The summed E-state index contributed by atoms with van der Waals surface area (Å²) in [6.07, 6.45) is 8.08. The van der Waals surface area contributed by atoms with Gasteiger partial charge in [-0.2, -0.15) is 0 Å². The van der Waals surface area contributed by atoms with Crippen LogP contribution in [0.1, 0.15) is 219 Å². The predicted octanol–water partition coefficient (Wildman–Crippen LogP) is 22.3. The van der Waals surface area contributed by atoms with Gasteiger partial charge in [-0.1, -0.05) is 76.3 Å². The van der Waals surface area contributed by atoms with E-state index in [9.17, 15) is 47.9 Å². The van der Waals surface area contributed by atoms with E-state index < -0.39 is 23.9 Å². The molecule has 11 heterocycles. The number of ketones is 5. The van der Waals surface area contributed by atoms with Crippen molar-refractivity contribution < 1.29 is 106 Å². The Bertz CT molecular complexity index is 7630. The van der Waals surface area contributed by atoms with Gasteiger partial charge in [-0.3, -0.25) is 48.9 Å². The second kappa shape index (κ2) is 44.8. The second-order valence-corrected chi connectivity index (χ2v) is 37.5. The number of fused-ring (bicyclic) bond motifs is 8. The molecular weight excluding hydrogens is 1910 g/mol. The quantitative estimate of drug-likeness (QED) is 0.0123. The molecule has 34 heteroatoms. The highest BCUT2D eigenvalue weighted by Gasteiger charge is 2.39. The number of nitrogens with two attached hydrogens (primary N) is 1. The van der Waals surface area contributed by atoms with Crippen molar-refractivity contribution in [2.24, 2.45) is 0 Å². The molecule has 8 aromatic heterocycles. The number of nitrogen functional groups attached to an aromatic ring is 1. The third kappa shape index (κ3) is 23.5. The Kier molecular flexibility index (Phi) is 32.9. The first-order chi connectivity index (χ1) is 68.4. The van der Waals surface area contributed by atoms with E-state index in [0.29, 0.717) is 122 Å². The summed E-state index contributed by atoms with van der Waals surface area (Å²) in [7, 11) is 9.06. The van der Waals surface area contributed by atoms with Crippen molar-refractivity contribution in [3.63, 3.8) is 0 Å². The maximum atomic E-state index is 13.8. The van der Waals surface area contributed by atoms with Crippen molar-refractivity contribution in [1.82, 2.24) is 39.9 Å². The molecule has 0 radical (unpaired) electrons. The molecule has 0 saturated carbocycles. The number of carboxylic acid groups (broad SMARTS) is 2. The number of aromatic hydroxyl groups is 1. The molecule has 1 unspecified atom stereocenters. The lowest BCUT2D eigenvalue weighted by Crippen LogP contribution is -2.19. The average Bonchev–Trinajstić information content (AvgIpc) is 1.62. The number of carbonyl (C=O) groups excluding carboxylic acids is 6. The molecule has 0 amide bonds. The molecule has 0 fully saturated rings. The van der Waals surface area contributed by atoms with Gasteiger partial charge >= 0.3 is 17.9 Å². The van der Waals surface area contributed by atoms with Gasteiger partial charge in [0.2, 0.25) is 0 Å². The number of nitrogens with zero attached hydrogens (tertiary/aromatic N) is 8. The van der Waals surface area contributed by atoms with Gasteiger partial charge in [-0.25, -0.2) is 33.7 Å². The predicted molar refractivity (Wildman–Crippen MR) is 546 cm³/mol. The first-order valence-electron chi connectivity index (χ1n) is 45.4. The van der Waals surface area contributed by atoms with Crippen LogP contribution in [-0.2, 0) is 21.0 Å². The number of esters is 1. The van der Waals surface area contributed by atoms with E-state index in [1.54, 1.807) is 119 Å². The summed E-state index contributed by atoms with van der Waals surface area (Å²) >= 11 is 18.5. The SMILES string of the molecule is COC(=O)c1cc(OC)c2nccc(C)c2c1.COc1cc(C(=O)CCC(=O)c2cc3c(c(-c4ccc(F)c(Cl)c4)n2)OCC3(C)C)cc2c(C)ccnc12.COc1cc(C(=O)CCC(=O)c2cc3c(c(Cl)n2)OCC3(C)C)cc2c(C)ccnc12.COc1cc(C(=O)CCC(O)c2cc3c(c(Cl)n2)OCC3(C)C)cc2c(C)ccnc12.COc1cc(C(=O)O)cc2c(C)ccnc12.Nc1ccc(C(=O)O)cc1O. The van der Waals surface area contributed by atoms with Gasteiger partial charge in [-0.05, 0) is 214 Å². The standard InChI is InChI=1S/C30H26ClFN2O4.C24H25ClN2O4.C24H23ClN2O4.C13H13NO3.C12H11NO3.C7H7NO3/c1-16-9-10-33-28-19(16)11-18(13-26(28)37-4)24(35)7-8-25(36)23-14-20-29(38-15-30(20,2)3)27(34-23)17-5-6-22(32)21(31)12-17;2*1-13-7-8-26-21-15(13)9-14(10-20(21)30-4)18(28)5-6-19(29)17-11-16-22(23(25)27-17)31-12-24(16,2)3;1-8-4-5-14-12-10(8)6-9(13(15)17-3)7-11(12)16-2;1-7-3-4-13-11-9(7)5-8(12(14)15)6-10(11)16-2;8-5-2-1-4(7(10)11)3-6(5)9/h5-6,9-14H,7-8,15H2,1-4H3;7-11,19,29H,5-6,12H2,1-4H3;7-11H,5-6,12H2,1-4H3;4-7H,1-3H3;3-6H,1-2H3,(H,14,15);1-3,9H,8H2,(H,10,11). The number of carbonyl (C=O) groups is 8. The van der Waals surface area contributed by atoms with Gasteiger partial charge in [-0.15, -0.1) is 0 Å². The number of benzene rings is 7. The largest absolute Gasteiger partial charge is 0.506 e. The summed E-state index contributed by atoms with van der Waals surface area (Å²) in [4.78, 5) is 132. The molecule has 0 spiro atoms. The van der Waals surface area contributed by atoms with Crippen LogP contribution in [0.4, 0.5) is 10.1 Å². The molecule has 18 rings (SSSR count). The summed E-state index contributed by atoms with van der Waals surface area (Å²) in [5, 5.41) is 41.7. The lowest BCUT2D eigenvalue weighted by Gasteiger charge is -2.17. The zero-order chi connectivity index (χ0) is 104. The number of halogens is 4. The first-order valence-corrected chi connectivity index (χ1v) is 46.5. The van der Waals surface area contributed by atoms with Gasteiger partial charge in [0.05, 0.1) is 102 Å². The average molecular weight is 2010 g/mol. The number of aliphatic hydroxyl groups excluding tert-OH is 1. The van der Waals surface area contributed by atoms with Crippen molar-refractivity contribution in [3.05, 3.63) is 293 Å². The van der Waals surface area contributed by atoms with E-state index in [1.807, 2.05) is 105 Å². The highest BCUT2D eigenvalue weighted by atomic mass is 35.5. The Balaban J connectivity index is 0.000000151. The van der Waals surface area contributed by atoms with Crippen molar-refractivity contribution >= 4 is 142 Å². The number of methoxy groups -OCH3 is 6. The van der Waals surface area contributed by atoms with Crippen molar-refractivity contribution in [1.29, 1.82) is 0 Å². The van der Waals surface area contributed by atoms with Crippen LogP contribution in [0.25, 0.3) is 65.8 Å². The summed E-state index contributed by atoms with van der Waals surface area (Å²) in [6, 6.07) is 39.7. The molecule has 0 aliphatic carbocycles. The molecule has 30 nitrogen and oxygen atoms in total. The topological polar surface area (TPSA) is 430 Å². The fraction of sp³-hybridized carbons (Fsp3) is 0.273. The molecule has 7 aromatic carbocycles. The third-order valence-electron chi connectivity index (χ3n) is 24.8. The van der Waals surface area contributed by atoms with Gasteiger partial charge in [0, 0.05) is 145 Å². The molecule has 6 N–H and O–H groups in total. The Morgan fingerprint density at radius 3 is 1.12 bits per heavy atom. The number of rotatable bonds is 24. The maximum Gasteiger partial charge on any atom is 0.338 e. The number of phenolic OH excluding ortho intramolecular Hbond substituents is 1. The fourth-order valence-electron chi connectivity index (χ4n) is 16.4. The Morgan fingerprint density at radius 2 is 0.743 bits per heavy atom. The number of aromatic nitrogens is 8. The van der Waals surface area contributed by atoms with E-state index in [1.165, 1.54) is 51.7 Å². The second-order valence-electron chi connectivity index (χ2n) is 36.3. The zero-order valence-electron chi connectivity index (χ0n) is 82.1. The lowest BCUT2D eigenvalue weighted by molar-refractivity contribution is 0.0598. The van der Waals surface area contributed by atoms with Crippen LogP contribution >= 0.6 is 34.8 Å². The molecule has 144 heavy (non-hydrogen) atoms. The summed E-state index contributed by atoms with van der Waals surface area (Å²) in [5.74, 6) is 0.215. The number of phenols is 1. The number of ether oxygens (including phenoxy) is 9. The number of hydrogen-bond donors (Lipinski definition) is 5. The van der Waals surface area contributed by atoms with Crippen LogP contribution in [0.15, 0.2) is 177 Å². The van der Waals surface area contributed by atoms with Crippen LogP contribution < -0.4 is 43.6 Å². The smallest absolute Gasteiger partial charge is 0.338 e. The molecule has 0 saturated heterocycles. The molecule has 3 aliphatic heterocycles. The number of Topliss-reactive ketones (excluding diaryl/α,β-unsaturated/α-hetero) is 5. The van der Waals surface area contributed by atoms with Crippen LogP contribution in [0.3, 0.4) is 0 Å². The number of carboxylic acids is 2. The summed E-state index contributed by atoms with van der Waals surface area (Å²) in [6.45, 7) is 23.3. The van der Waals surface area contributed by atoms with Crippen LogP contribution in [0, 0.1) is 40.4 Å². The van der Waals surface area contributed by atoms with Gasteiger partial charge in [0.1, 0.15) is 90.7 Å². The lowest BCUT2D eigenvalue weighted by atomic mass is 9.85. The van der Waals surface area contributed by atoms with E-state index in [0.717, 1.165) is 88.5 Å². The van der Waals surface area contributed by atoms with Gasteiger partial charge in [0.15, 0.2) is 50.7 Å². The fourth-order valence-corrected chi connectivity index (χ4v) is 17.1. The normalized spacial score (nSPS) is 13.1. The number of aryl methyl sites for hydroxylation is 5. The highest BCUT2D eigenvalue weighted by Crippen LogP contribution is 2.48. The van der Waals surface area contributed by atoms with E-state index in [4.69, 9.17) is 98.5 Å². The number of aliphatic hydroxyl groups is 1. The highest BCUT2D eigenvalue weighted by molar-refractivity contribution is 6.32. The molecule has 0 bridgehead atoms. The van der Waals surface area contributed by atoms with Gasteiger partial charge < -0.3 is 68.8 Å². The third-order valence-corrected chi connectivity index (χ3v) is 25.6. The molecular formula is C110H105Cl3FN9O21. The van der Waals surface area contributed by atoms with Crippen molar-refractivity contribution in [2.45, 2.75) is 137 Å². The Morgan fingerprint density at radius 1 is 0.403 bits per heavy atom. The Hall–Kier alpha value is -15.4.